The van der Waals surface area contributed by atoms with E-state index in [1.165, 1.54) is 12.8 Å². The van der Waals surface area contributed by atoms with Gasteiger partial charge in [0.25, 0.3) is 5.91 Å². The number of nitrogens with one attached hydrogen (secondary N) is 1. The molecule has 0 saturated heterocycles. The topological polar surface area (TPSA) is 51.2 Å². The van der Waals surface area contributed by atoms with E-state index in [0.29, 0.717) is 11.1 Å². The molecule has 4 heteroatoms. The van der Waals surface area contributed by atoms with Crippen LogP contribution in [0.3, 0.4) is 0 Å². The van der Waals surface area contributed by atoms with Gasteiger partial charge in [-0.3, -0.25) is 14.6 Å². The molecule has 4 nitrogen and oxygen atoms in total. The molecule has 1 heterocycles. The molecule has 0 spiro atoms. The van der Waals surface area contributed by atoms with Gasteiger partial charge < -0.3 is 0 Å². The number of pyridine rings is 1. The first-order valence-electron chi connectivity index (χ1n) is 6.64. The smallest absolute Gasteiger partial charge is 0.270 e. The van der Waals surface area contributed by atoms with Crippen LogP contribution < -0.4 is 5.48 Å². The maximum atomic E-state index is 12.1. The molecule has 0 bridgehead atoms. The number of hydrogen-bond acceptors (Lipinski definition) is 3. The SMILES string of the molecule is O=C(NOC1CCCC1)c1cccc2cccnc12. The van der Waals surface area contributed by atoms with Crippen molar-refractivity contribution in [2.45, 2.75) is 31.8 Å². The highest BCUT2D eigenvalue weighted by molar-refractivity contribution is 6.04. The molecule has 1 amide bonds. The highest BCUT2D eigenvalue weighted by atomic mass is 16.7. The fraction of sp³-hybridized carbons (Fsp3) is 0.333. The van der Waals surface area contributed by atoms with Crippen LogP contribution in [0.15, 0.2) is 36.5 Å². The first-order valence-corrected chi connectivity index (χ1v) is 6.64. The van der Waals surface area contributed by atoms with Crippen molar-refractivity contribution in [1.82, 2.24) is 10.5 Å². The summed E-state index contributed by atoms with van der Waals surface area (Å²) >= 11 is 0. The standard InChI is InChI=1S/C15H16N2O2/c18-15(17-19-12-7-1-2-8-12)13-9-3-5-11-6-4-10-16-14(11)13/h3-6,9-10,12H,1-2,7-8H2,(H,17,18). The van der Waals surface area contributed by atoms with E-state index in [1.54, 1.807) is 12.3 Å². The van der Waals surface area contributed by atoms with Gasteiger partial charge in [-0.25, -0.2) is 5.48 Å². The van der Waals surface area contributed by atoms with Gasteiger partial charge in [-0.1, -0.05) is 31.0 Å². The highest BCUT2D eigenvalue weighted by Gasteiger charge is 2.18. The first kappa shape index (κ1) is 12.1. The minimum atomic E-state index is -0.226. The monoisotopic (exact) mass is 256 g/mol. The number of nitrogens with zero attached hydrogens (tertiary/aromatic N) is 1. The fourth-order valence-corrected chi connectivity index (χ4v) is 2.49. The van der Waals surface area contributed by atoms with E-state index in [9.17, 15) is 4.79 Å². The molecule has 0 unspecified atom stereocenters. The Morgan fingerprint density at radius 1 is 1.21 bits per heavy atom. The van der Waals surface area contributed by atoms with Crippen molar-refractivity contribution in [3.8, 4) is 0 Å². The summed E-state index contributed by atoms with van der Waals surface area (Å²) in [5, 5.41) is 0.955. The van der Waals surface area contributed by atoms with Crippen molar-refractivity contribution in [2.75, 3.05) is 0 Å². The molecule has 3 rings (SSSR count). The third-order valence-electron chi connectivity index (χ3n) is 3.50. The van der Waals surface area contributed by atoms with Gasteiger partial charge in [0, 0.05) is 11.6 Å². The quantitative estimate of drug-likeness (QED) is 0.859. The number of rotatable bonds is 3. The number of aromatic nitrogens is 1. The van der Waals surface area contributed by atoms with Gasteiger partial charge in [0.05, 0.1) is 17.2 Å². The third-order valence-corrected chi connectivity index (χ3v) is 3.50. The van der Waals surface area contributed by atoms with Crippen LogP contribution in [0.4, 0.5) is 0 Å². The lowest BCUT2D eigenvalue weighted by Crippen LogP contribution is -2.28. The Hall–Kier alpha value is -1.94. The van der Waals surface area contributed by atoms with Crippen molar-refractivity contribution >= 4 is 16.8 Å². The first-order chi connectivity index (χ1) is 9.34. The molecule has 0 radical (unpaired) electrons. The summed E-state index contributed by atoms with van der Waals surface area (Å²) in [5.41, 5.74) is 3.81. The van der Waals surface area contributed by atoms with Crippen molar-refractivity contribution in [3.05, 3.63) is 42.1 Å². The average molecular weight is 256 g/mol. The molecule has 1 aromatic carbocycles. The average Bonchev–Trinajstić information content (AvgIpc) is 2.97. The van der Waals surface area contributed by atoms with E-state index in [-0.39, 0.29) is 12.0 Å². The maximum absolute atomic E-state index is 12.1. The van der Waals surface area contributed by atoms with Crippen LogP contribution in [0.5, 0.6) is 0 Å². The van der Waals surface area contributed by atoms with Crippen LogP contribution in [0.2, 0.25) is 0 Å². The lowest BCUT2D eigenvalue weighted by atomic mass is 10.1. The van der Waals surface area contributed by atoms with E-state index < -0.39 is 0 Å². The molecule has 1 saturated carbocycles. The number of hydroxylamine groups is 1. The van der Waals surface area contributed by atoms with Crippen molar-refractivity contribution in [2.24, 2.45) is 0 Å². The van der Waals surface area contributed by atoms with Gasteiger partial charge >= 0.3 is 0 Å². The van der Waals surface area contributed by atoms with Crippen molar-refractivity contribution in [3.63, 3.8) is 0 Å². The Balaban J connectivity index is 1.77. The Morgan fingerprint density at radius 2 is 2.00 bits per heavy atom. The van der Waals surface area contributed by atoms with Crippen LogP contribution in [-0.2, 0) is 4.84 Å². The Bertz CT molecular complexity index is 586. The Kier molecular flexibility index (Phi) is 3.42. The summed E-state index contributed by atoms with van der Waals surface area (Å²) in [6.45, 7) is 0. The molecule has 1 aliphatic carbocycles. The molecular formula is C15H16N2O2. The normalized spacial score (nSPS) is 15.8. The van der Waals surface area contributed by atoms with Crippen LogP contribution in [-0.4, -0.2) is 17.0 Å². The summed E-state index contributed by atoms with van der Waals surface area (Å²) in [6, 6.07) is 9.37. The lowest BCUT2D eigenvalue weighted by Gasteiger charge is -2.12. The summed E-state index contributed by atoms with van der Waals surface area (Å²) < 4.78 is 0. The van der Waals surface area contributed by atoms with Crippen LogP contribution >= 0.6 is 0 Å². The largest absolute Gasteiger partial charge is 0.277 e. The van der Waals surface area contributed by atoms with Gasteiger partial charge in [-0.15, -0.1) is 0 Å². The zero-order valence-electron chi connectivity index (χ0n) is 10.6. The second-order valence-corrected chi connectivity index (χ2v) is 4.84. The van der Waals surface area contributed by atoms with Gasteiger partial charge in [-0.05, 0) is 25.0 Å². The third kappa shape index (κ3) is 2.58. The Morgan fingerprint density at radius 3 is 2.84 bits per heavy atom. The minimum absolute atomic E-state index is 0.159. The number of carbonyl (C=O) groups excluding carboxylic acids is 1. The van der Waals surface area contributed by atoms with Gasteiger partial charge in [0.1, 0.15) is 0 Å². The summed E-state index contributed by atoms with van der Waals surface area (Å²) in [6.07, 6.45) is 6.25. The lowest BCUT2D eigenvalue weighted by molar-refractivity contribution is -0.0124. The summed E-state index contributed by atoms with van der Waals surface area (Å²) in [5.74, 6) is -0.226. The number of benzene rings is 1. The van der Waals surface area contributed by atoms with Crippen LogP contribution in [0.1, 0.15) is 36.0 Å². The minimum Gasteiger partial charge on any atom is -0.270 e. The summed E-state index contributed by atoms with van der Waals surface area (Å²) in [4.78, 5) is 21.8. The number of para-hydroxylation sites is 1. The number of amides is 1. The molecule has 1 fully saturated rings. The zero-order chi connectivity index (χ0) is 13.1. The summed E-state index contributed by atoms with van der Waals surface area (Å²) in [7, 11) is 0. The van der Waals surface area contributed by atoms with Gasteiger partial charge in [0.2, 0.25) is 0 Å². The van der Waals surface area contributed by atoms with Crippen LogP contribution in [0.25, 0.3) is 10.9 Å². The van der Waals surface area contributed by atoms with E-state index in [1.807, 2.05) is 24.3 Å². The second-order valence-electron chi connectivity index (χ2n) is 4.84. The number of carbonyl (C=O) groups is 1. The van der Waals surface area contributed by atoms with E-state index in [0.717, 1.165) is 18.2 Å². The number of hydrogen-bond donors (Lipinski definition) is 1. The molecule has 19 heavy (non-hydrogen) atoms. The molecule has 1 aliphatic rings. The fourth-order valence-electron chi connectivity index (χ4n) is 2.49. The van der Waals surface area contributed by atoms with E-state index in [4.69, 9.17) is 4.84 Å². The van der Waals surface area contributed by atoms with E-state index in [2.05, 4.69) is 10.5 Å². The highest BCUT2D eigenvalue weighted by Crippen LogP contribution is 2.20. The second kappa shape index (κ2) is 5.36. The van der Waals surface area contributed by atoms with Crippen molar-refractivity contribution < 1.29 is 9.63 Å². The molecule has 2 aromatic rings. The molecular weight excluding hydrogens is 240 g/mol. The molecule has 1 N–H and O–H groups in total. The Labute approximate surface area is 111 Å². The molecule has 0 aliphatic heterocycles. The molecule has 98 valence electrons. The van der Waals surface area contributed by atoms with Gasteiger partial charge in [-0.2, -0.15) is 0 Å². The van der Waals surface area contributed by atoms with E-state index >= 15 is 0 Å². The predicted molar refractivity (Wildman–Crippen MR) is 72.6 cm³/mol. The molecule has 1 aromatic heterocycles. The van der Waals surface area contributed by atoms with Crippen LogP contribution in [0, 0.1) is 0 Å². The predicted octanol–water partition coefficient (Wildman–Crippen LogP) is 2.84. The molecule has 0 atom stereocenters. The van der Waals surface area contributed by atoms with Gasteiger partial charge in [0.15, 0.2) is 0 Å². The number of fused-ring (bicyclic) bond motifs is 1. The van der Waals surface area contributed by atoms with Crippen molar-refractivity contribution in [1.29, 1.82) is 0 Å². The zero-order valence-corrected chi connectivity index (χ0v) is 10.6. The maximum Gasteiger partial charge on any atom is 0.277 e.